The Bertz CT molecular complexity index is 1540. The fourth-order valence-electron chi connectivity index (χ4n) is 4.75. The van der Waals surface area contributed by atoms with E-state index in [0.717, 1.165) is 18.0 Å². The lowest BCUT2D eigenvalue weighted by Crippen LogP contribution is -2.61. The molecule has 206 valence electrons. The topological polar surface area (TPSA) is 119 Å². The van der Waals surface area contributed by atoms with Crippen LogP contribution < -0.4 is 5.32 Å². The van der Waals surface area contributed by atoms with Crippen molar-refractivity contribution in [2.75, 3.05) is 6.26 Å². The number of ether oxygens (including phenoxy) is 1. The van der Waals surface area contributed by atoms with E-state index in [4.69, 9.17) is 8.92 Å². The maximum absolute atomic E-state index is 14.1. The van der Waals surface area contributed by atoms with Gasteiger partial charge in [0.05, 0.1) is 18.1 Å². The van der Waals surface area contributed by atoms with Crippen LogP contribution in [0.5, 0.6) is 0 Å². The van der Waals surface area contributed by atoms with Crippen LogP contribution in [0.2, 0.25) is 0 Å². The van der Waals surface area contributed by atoms with Crippen molar-refractivity contribution in [2.24, 2.45) is 0 Å². The summed E-state index contributed by atoms with van der Waals surface area (Å²) in [5.41, 5.74) is 1.42. The van der Waals surface area contributed by atoms with Crippen molar-refractivity contribution in [3.63, 3.8) is 0 Å². The second-order valence-corrected chi connectivity index (χ2v) is 12.3. The summed E-state index contributed by atoms with van der Waals surface area (Å²) in [5, 5.41) is 2.23. The normalized spacial score (nSPS) is 20.4. The molecule has 1 N–H and O–H groups in total. The van der Waals surface area contributed by atoms with Crippen LogP contribution in [0.4, 0.5) is 0 Å². The number of thioether (sulfide) groups is 1. The van der Waals surface area contributed by atoms with Crippen molar-refractivity contribution in [1.29, 1.82) is 0 Å². The van der Waals surface area contributed by atoms with E-state index in [1.165, 1.54) is 11.8 Å². The molecule has 2 aliphatic rings. The highest BCUT2D eigenvalue weighted by Gasteiger charge is 2.58. The molecule has 9 nitrogen and oxygen atoms in total. The number of rotatable bonds is 8. The maximum Gasteiger partial charge on any atom is 0.359 e. The molecule has 1 unspecified atom stereocenters. The summed E-state index contributed by atoms with van der Waals surface area (Å²) in [6.07, 6.45) is 0.0266. The molecule has 0 aliphatic carbocycles. The van der Waals surface area contributed by atoms with Crippen LogP contribution >= 0.6 is 11.8 Å². The number of nitrogens with one attached hydrogen (secondary N) is 1. The summed E-state index contributed by atoms with van der Waals surface area (Å²) >= 11 is 1.11. The Balaban J connectivity index is 1.72. The molecule has 0 saturated carbocycles. The van der Waals surface area contributed by atoms with E-state index in [2.05, 4.69) is 5.32 Å². The van der Waals surface area contributed by atoms with Crippen LogP contribution in [0.1, 0.15) is 36.1 Å². The molecule has 11 heteroatoms. The second-order valence-electron chi connectivity index (χ2n) is 9.34. The molecule has 2 heterocycles. The number of benzene rings is 3. The predicted octanol–water partition coefficient (Wildman–Crippen LogP) is 3.80. The van der Waals surface area contributed by atoms with Crippen LogP contribution in [-0.2, 0) is 38.3 Å². The lowest BCUT2D eigenvalue weighted by molar-refractivity contribution is -0.152. The molecule has 5 rings (SSSR count). The van der Waals surface area contributed by atoms with E-state index < -0.39 is 50.0 Å². The van der Waals surface area contributed by atoms with E-state index in [-0.39, 0.29) is 12.1 Å². The highest BCUT2D eigenvalue weighted by atomic mass is 32.2. The lowest BCUT2D eigenvalue weighted by Gasteiger charge is -2.51. The average molecular weight is 579 g/mol. The number of carbonyl (C=O) groups excluding carboxylic acids is 3. The first kappa shape index (κ1) is 27.5. The van der Waals surface area contributed by atoms with E-state index in [1.807, 2.05) is 12.1 Å². The van der Waals surface area contributed by atoms with Crippen LogP contribution in [0.25, 0.3) is 0 Å². The van der Waals surface area contributed by atoms with Gasteiger partial charge < -0.3 is 14.2 Å². The Morgan fingerprint density at radius 2 is 1.48 bits per heavy atom. The summed E-state index contributed by atoms with van der Waals surface area (Å²) in [5.74, 6) is -2.29. The molecule has 1 saturated heterocycles. The second kappa shape index (κ2) is 10.8. The molecule has 3 aromatic rings. The van der Waals surface area contributed by atoms with Gasteiger partial charge in [-0.1, -0.05) is 103 Å². The van der Waals surface area contributed by atoms with Gasteiger partial charge in [-0.3, -0.25) is 14.5 Å². The van der Waals surface area contributed by atoms with Gasteiger partial charge >= 0.3 is 16.1 Å². The van der Waals surface area contributed by atoms with Gasteiger partial charge in [0.2, 0.25) is 11.8 Å². The average Bonchev–Trinajstić information content (AvgIpc) is 2.93. The molecule has 2 aliphatic heterocycles. The number of carbonyl (C=O) groups is 3. The van der Waals surface area contributed by atoms with Crippen LogP contribution in [0, 0.1) is 0 Å². The SMILES string of the molecule is CC(=O)NC1(c2ccccc2)S[C@@H]2CC(=O)N2C(C(=O)OC(c2ccccc2)c2ccccc2)=C1OS(C)(=O)=O. The third kappa shape index (κ3) is 5.34. The fraction of sp³-hybridized carbons (Fsp3) is 0.207. The van der Waals surface area contributed by atoms with E-state index >= 15 is 0 Å². The van der Waals surface area contributed by atoms with Gasteiger partial charge in [0, 0.05) is 6.92 Å². The van der Waals surface area contributed by atoms with Crippen molar-refractivity contribution in [2.45, 2.75) is 29.7 Å². The fourth-order valence-corrected chi connectivity index (χ4v) is 6.99. The summed E-state index contributed by atoms with van der Waals surface area (Å²) in [6.45, 7) is 1.28. The van der Waals surface area contributed by atoms with E-state index in [9.17, 15) is 22.8 Å². The Labute approximate surface area is 236 Å². The smallest absolute Gasteiger partial charge is 0.359 e. The molecular weight excluding hydrogens is 552 g/mol. The number of esters is 1. The molecular formula is C29H26N2O7S2. The van der Waals surface area contributed by atoms with Crippen molar-refractivity contribution in [3.05, 3.63) is 119 Å². The summed E-state index contributed by atoms with van der Waals surface area (Å²) in [4.78, 5) is 39.1. The Kier molecular flexibility index (Phi) is 7.43. The highest BCUT2D eigenvalue weighted by molar-refractivity contribution is 8.01. The number of fused-ring (bicyclic) bond motifs is 1. The van der Waals surface area contributed by atoms with Gasteiger partial charge in [0.15, 0.2) is 22.4 Å². The minimum atomic E-state index is -4.24. The third-order valence-electron chi connectivity index (χ3n) is 6.38. The molecule has 0 spiro atoms. The zero-order chi connectivity index (χ0) is 28.5. The third-order valence-corrected chi connectivity index (χ3v) is 8.38. The number of hydrogen-bond donors (Lipinski definition) is 1. The van der Waals surface area contributed by atoms with Gasteiger partial charge in [-0.05, 0) is 16.7 Å². The molecule has 0 radical (unpaired) electrons. The van der Waals surface area contributed by atoms with Gasteiger partial charge in [0.25, 0.3) is 0 Å². The minimum absolute atomic E-state index is 0.0720. The largest absolute Gasteiger partial charge is 0.448 e. The number of amides is 2. The zero-order valence-corrected chi connectivity index (χ0v) is 23.3. The minimum Gasteiger partial charge on any atom is -0.448 e. The first-order valence-corrected chi connectivity index (χ1v) is 15.1. The Morgan fingerprint density at radius 1 is 0.950 bits per heavy atom. The number of hydrogen-bond acceptors (Lipinski definition) is 8. The summed E-state index contributed by atoms with van der Waals surface area (Å²) in [6, 6.07) is 26.6. The monoisotopic (exact) mass is 578 g/mol. The van der Waals surface area contributed by atoms with E-state index in [0.29, 0.717) is 16.7 Å². The molecule has 2 atom stereocenters. The van der Waals surface area contributed by atoms with Gasteiger partial charge in [-0.25, -0.2) is 4.79 Å². The first-order chi connectivity index (χ1) is 19.1. The zero-order valence-electron chi connectivity index (χ0n) is 21.6. The quantitative estimate of drug-likeness (QED) is 0.244. The Hall–Kier alpha value is -4.09. The van der Waals surface area contributed by atoms with Crippen molar-refractivity contribution >= 4 is 39.7 Å². The van der Waals surface area contributed by atoms with Gasteiger partial charge in [-0.15, -0.1) is 0 Å². The number of nitrogens with zero attached hydrogens (tertiary/aromatic N) is 1. The van der Waals surface area contributed by atoms with Crippen molar-refractivity contribution in [3.8, 4) is 0 Å². The first-order valence-electron chi connectivity index (χ1n) is 12.4. The van der Waals surface area contributed by atoms with Gasteiger partial charge in [0.1, 0.15) is 0 Å². The Morgan fingerprint density at radius 3 is 1.95 bits per heavy atom. The number of β-lactam (4-membered cyclic amide) rings is 1. The molecule has 3 aromatic carbocycles. The van der Waals surface area contributed by atoms with Crippen molar-refractivity contribution in [1.82, 2.24) is 10.2 Å². The van der Waals surface area contributed by atoms with Crippen molar-refractivity contribution < 1.29 is 31.7 Å². The van der Waals surface area contributed by atoms with Crippen LogP contribution in [0.3, 0.4) is 0 Å². The van der Waals surface area contributed by atoms with Crippen LogP contribution in [0.15, 0.2) is 102 Å². The van der Waals surface area contributed by atoms with Crippen LogP contribution in [-0.4, -0.2) is 42.7 Å². The maximum atomic E-state index is 14.1. The standard InChI is InChI=1S/C29H26N2O7S2/c1-19(32)30-29(22-16-10-5-11-17-22)27(38-40(2,35)36)25(31-23(33)18-24(31)39-29)28(34)37-26(20-12-6-3-7-13-20)21-14-8-4-9-15-21/h3-17,24,26H,18H2,1-2H3,(H,30,32)/t24-,29?/m1/s1. The highest BCUT2D eigenvalue weighted by Crippen LogP contribution is 2.55. The molecule has 0 aromatic heterocycles. The lowest BCUT2D eigenvalue weighted by atomic mass is 9.99. The van der Waals surface area contributed by atoms with E-state index in [1.54, 1.807) is 78.9 Å². The molecule has 0 bridgehead atoms. The van der Waals surface area contributed by atoms with Gasteiger partial charge in [-0.2, -0.15) is 8.42 Å². The summed E-state index contributed by atoms with van der Waals surface area (Å²) < 4.78 is 36.7. The summed E-state index contributed by atoms with van der Waals surface area (Å²) in [7, 11) is -4.24. The molecule has 40 heavy (non-hydrogen) atoms. The predicted molar refractivity (Wildman–Crippen MR) is 149 cm³/mol. The molecule has 1 fully saturated rings. The molecule has 2 amide bonds.